The van der Waals surface area contributed by atoms with Gasteiger partial charge in [-0.25, -0.2) is 0 Å². The van der Waals surface area contributed by atoms with E-state index in [0.717, 1.165) is 6.42 Å². The average molecular weight is 262 g/mol. The van der Waals surface area contributed by atoms with Gasteiger partial charge in [-0.1, -0.05) is 19.1 Å². The molecule has 0 radical (unpaired) electrons. The van der Waals surface area contributed by atoms with E-state index in [2.05, 4.69) is 41.4 Å². The van der Waals surface area contributed by atoms with Crippen LogP contribution in [0.5, 0.6) is 0 Å². The fourth-order valence-corrected chi connectivity index (χ4v) is 2.54. The second-order valence-electron chi connectivity index (χ2n) is 5.48. The normalized spacial score (nSPS) is 18.6. The van der Waals surface area contributed by atoms with Crippen molar-refractivity contribution in [2.24, 2.45) is 0 Å². The molecule has 0 aromatic heterocycles. The first kappa shape index (κ1) is 14.4. The molecule has 2 rings (SSSR count). The quantitative estimate of drug-likeness (QED) is 0.827. The number of benzene rings is 1. The van der Waals surface area contributed by atoms with Gasteiger partial charge < -0.3 is 15.3 Å². The first-order chi connectivity index (χ1) is 9.20. The Bertz CT molecular complexity index is 388. The third-order valence-corrected chi connectivity index (χ3v) is 3.97. The molecule has 1 aromatic carbocycles. The van der Waals surface area contributed by atoms with Gasteiger partial charge in [-0.2, -0.15) is 0 Å². The topological polar surface area (TPSA) is 35.5 Å². The summed E-state index contributed by atoms with van der Waals surface area (Å²) in [4.78, 5) is 2.46. The highest BCUT2D eigenvalue weighted by Gasteiger charge is 2.14. The summed E-state index contributed by atoms with van der Waals surface area (Å²) in [7, 11) is 0. The van der Waals surface area contributed by atoms with Gasteiger partial charge >= 0.3 is 0 Å². The predicted octanol–water partition coefficient (Wildman–Crippen LogP) is 2.71. The zero-order chi connectivity index (χ0) is 13.7. The van der Waals surface area contributed by atoms with Crippen molar-refractivity contribution in [1.82, 2.24) is 5.32 Å². The van der Waals surface area contributed by atoms with E-state index in [-0.39, 0.29) is 12.1 Å². The number of nitrogens with one attached hydrogen (secondary N) is 1. The highest BCUT2D eigenvalue weighted by Crippen LogP contribution is 2.23. The summed E-state index contributed by atoms with van der Waals surface area (Å²) >= 11 is 0. The van der Waals surface area contributed by atoms with Gasteiger partial charge in [0.2, 0.25) is 0 Å². The predicted molar refractivity (Wildman–Crippen MR) is 80.6 cm³/mol. The Hall–Kier alpha value is -1.06. The minimum absolute atomic E-state index is 0.246. The molecule has 1 saturated heterocycles. The Morgan fingerprint density at radius 3 is 2.74 bits per heavy atom. The Kier molecular flexibility index (Phi) is 5.23. The van der Waals surface area contributed by atoms with Crippen LogP contribution in [0.1, 0.15) is 44.7 Å². The van der Waals surface area contributed by atoms with E-state index in [4.69, 9.17) is 0 Å². The maximum absolute atomic E-state index is 9.61. The van der Waals surface area contributed by atoms with E-state index in [1.165, 1.54) is 37.2 Å². The zero-order valence-corrected chi connectivity index (χ0v) is 12.1. The van der Waals surface area contributed by atoms with Crippen molar-refractivity contribution in [2.45, 2.75) is 45.3 Å². The second-order valence-corrected chi connectivity index (χ2v) is 5.48. The summed E-state index contributed by atoms with van der Waals surface area (Å²) in [5, 5.41) is 13.0. The second kappa shape index (κ2) is 6.92. The van der Waals surface area contributed by atoms with E-state index < -0.39 is 0 Å². The highest BCUT2D eigenvalue weighted by atomic mass is 16.3. The van der Waals surface area contributed by atoms with Crippen LogP contribution >= 0.6 is 0 Å². The summed E-state index contributed by atoms with van der Waals surface area (Å²) in [6, 6.07) is 9.06. The van der Waals surface area contributed by atoms with E-state index in [1.54, 1.807) is 0 Å². The molecule has 2 atom stereocenters. The summed E-state index contributed by atoms with van der Waals surface area (Å²) in [6.45, 7) is 7.18. The molecule has 3 heteroatoms. The van der Waals surface area contributed by atoms with Crippen molar-refractivity contribution < 1.29 is 5.11 Å². The lowest BCUT2D eigenvalue weighted by Gasteiger charge is -2.21. The van der Waals surface area contributed by atoms with Crippen LogP contribution in [0.2, 0.25) is 0 Å². The molecule has 0 amide bonds. The molecule has 0 bridgehead atoms. The van der Waals surface area contributed by atoms with Gasteiger partial charge in [-0.05, 0) is 43.9 Å². The van der Waals surface area contributed by atoms with Crippen LogP contribution in [0.3, 0.4) is 0 Å². The molecule has 3 nitrogen and oxygen atoms in total. The maximum Gasteiger partial charge on any atom is 0.0662 e. The number of nitrogens with zero attached hydrogens (tertiary/aromatic N) is 1. The number of aliphatic hydroxyl groups is 1. The third kappa shape index (κ3) is 3.95. The van der Waals surface area contributed by atoms with Crippen LogP contribution in [0.25, 0.3) is 0 Å². The number of anilines is 1. The molecular weight excluding hydrogens is 236 g/mol. The van der Waals surface area contributed by atoms with Crippen LogP contribution in [0.15, 0.2) is 24.3 Å². The molecule has 106 valence electrons. The fourth-order valence-electron chi connectivity index (χ4n) is 2.54. The molecule has 2 unspecified atom stereocenters. The summed E-state index contributed by atoms with van der Waals surface area (Å²) in [5.74, 6) is 0. The van der Waals surface area contributed by atoms with E-state index in [9.17, 15) is 5.11 Å². The lowest BCUT2D eigenvalue weighted by Crippen LogP contribution is -2.28. The molecule has 0 aliphatic carbocycles. The lowest BCUT2D eigenvalue weighted by molar-refractivity contribution is 0.164. The van der Waals surface area contributed by atoms with Crippen LogP contribution < -0.4 is 10.2 Å². The van der Waals surface area contributed by atoms with Gasteiger partial charge in [0, 0.05) is 31.4 Å². The largest absolute Gasteiger partial charge is 0.392 e. The molecule has 1 aromatic rings. The summed E-state index contributed by atoms with van der Waals surface area (Å²) in [6.07, 6.45) is 3.17. The first-order valence-electron chi connectivity index (χ1n) is 7.47. The average Bonchev–Trinajstić information content (AvgIpc) is 2.98. The maximum atomic E-state index is 9.61. The van der Waals surface area contributed by atoms with Crippen LogP contribution in [0, 0.1) is 0 Å². The fraction of sp³-hybridized carbons (Fsp3) is 0.625. The standard InChI is InChI=1S/C16H26N2O/c1-3-16(19)12-17-13(2)14-7-6-8-15(11-14)18-9-4-5-10-18/h6-8,11,13,16-17,19H,3-5,9-10,12H2,1-2H3. The van der Waals surface area contributed by atoms with Gasteiger partial charge in [-0.15, -0.1) is 0 Å². The molecule has 2 N–H and O–H groups in total. The Morgan fingerprint density at radius 1 is 1.32 bits per heavy atom. The minimum Gasteiger partial charge on any atom is -0.392 e. The zero-order valence-electron chi connectivity index (χ0n) is 12.1. The number of hydrogen-bond acceptors (Lipinski definition) is 3. The lowest BCUT2D eigenvalue weighted by atomic mass is 10.1. The van der Waals surface area contributed by atoms with Gasteiger partial charge in [0.15, 0.2) is 0 Å². The van der Waals surface area contributed by atoms with E-state index in [0.29, 0.717) is 6.54 Å². The van der Waals surface area contributed by atoms with Gasteiger partial charge in [-0.3, -0.25) is 0 Å². The Labute approximate surface area is 116 Å². The SMILES string of the molecule is CCC(O)CNC(C)c1cccc(N2CCCC2)c1. The summed E-state index contributed by atoms with van der Waals surface area (Å²) in [5.41, 5.74) is 2.63. The van der Waals surface area contributed by atoms with Crippen LogP contribution in [0.4, 0.5) is 5.69 Å². The van der Waals surface area contributed by atoms with Crippen molar-refractivity contribution in [3.8, 4) is 0 Å². The van der Waals surface area contributed by atoms with Gasteiger partial charge in [0.05, 0.1) is 6.10 Å². The van der Waals surface area contributed by atoms with Crippen molar-refractivity contribution in [3.63, 3.8) is 0 Å². The molecular formula is C16H26N2O. The molecule has 1 aliphatic heterocycles. The van der Waals surface area contributed by atoms with Crippen LogP contribution in [-0.2, 0) is 0 Å². The van der Waals surface area contributed by atoms with Crippen molar-refractivity contribution in [3.05, 3.63) is 29.8 Å². The molecule has 19 heavy (non-hydrogen) atoms. The van der Waals surface area contributed by atoms with Crippen LogP contribution in [-0.4, -0.2) is 30.8 Å². The Morgan fingerprint density at radius 2 is 2.05 bits per heavy atom. The van der Waals surface area contributed by atoms with Crippen molar-refractivity contribution in [1.29, 1.82) is 0 Å². The number of aliphatic hydroxyl groups excluding tert-OH is 1. The van der Waals surface area contributed by atoms with Crippen molar-refractivity contribution >= 4 is 5.69 Å². The number of hydrogen-bond donors (Lipinski definition) is 2. The molecule has 0 spiro atoms. The van der Waals surface area contributed by atoms with Gasteiger partial charge in [0.25, 0.3) is 0 Å². The third-order valence-electron chi connectivity index (χ3n) is 3.97. The minimum atomic E-state index is -0.246. The monoisotopic (exact) mass is 262 g/mol. The van der Waals surface area contributed by atoms with E-state index >= 15 is 0 Å². The molecule has 0 saturated carbocycles. The molecule has 1 fully saturated rings. The summed E-state index contributed by atoms with van der Waals surface area (Å²) < 4.78 is 0. The van der Waals surface area contributed by atoms with E-state index in [1.807, 2.05) is 6.92 Å². The highest BCUT2D eigenvalue weighted by molar-refractivity contribution is 5.49. The first-order valence-corrected chi connectivity index (χ1v) is 7.47. The molecule has 1 aliphatic rings. The molecule has 1 heterocycles. The smallest absolute Gasteiger partial charge is 0.0662 e. The number of rotatable bonds is 6. The van der Waals surface area contributed by atoms with Crippen molar-refractivity contribution in [2.75, 3.05) is 24.5 Å². The Balaban J connectivity index is 1.97. The van der Waals surface area contributed by atoms with Gasteiger partial charge in [0.1, 0.15) is 0 Å².